The van der Waals surface area contributed by atoms with Gasteiger partial charge in [-0.1, -0.05) is 31.9 Å². The van der Waals surface area contributed by atoms with Crippen LogP contribution in [0.15, 0.2) is 32.5 Å². The maximum Gasteiger partial charge on any atom is 0.416 e. The average molecular weight is 493 g/mol. The third-order valence-corrected chi connectivity index (χ3v) is 6.07. The van der Waals surface area contributed by atoms with Gasteiger partial charge in [0.05, 0.1) is 14.2 Å². The summed E-state index contributed by atoms with van der Waals surface area (Å²) in [7, 11) is 0. The van der Waals surface area contributed by atoms with Crippen molar-refractivity contribution in [1.82, 2.24) is 0 Å². The Morgan fingerprint density at radius 3 is 2.25 bits per heavy atom. The standard InChI is InChI=1S/C13H8Br3F3S/c1-6-8(5-11(15)20-6)12(16)9-4-7(13(17,18)19)2-3-10(9)14/h2-5,12H,1H3. The Morgan fingerprint density at radius 2 is 1.75 bits per heavy atom. The zero-order valence-electron chi connectivity index (χ0n) is 10.1. The van der Waals surface area contributed by atoms with Gasteiger partial charge >= 0.3 is 6.18 Å². The molecule has 0 spiro atoms. The highest BCUT2D eigenvalue weighted by Crippen LogP contribution is 2.42. The van der Waals surface area contributed by atoms with Crippen molar-refractivity contribution in [3.05, 3.63) is 54.1 Å². The van der Waals surface area contributed by atoms with Gasteiger partial charge < -0.3 is 0 Å². The fourth-order valence-corrected chi connectivity index (χ4v) is 5.33. The summed E-state index contributed by atoms with van der Waals surface area (Å²) >= 11 is 11.8. The number of thiophene rings is 1. The van der Waals surface area contributed by atoms with Gasteiger partial charge in [-0.15, -0.1) is 11.3 Å². The molecule has 2 aromatic rings. The molecular formula is C13H8Br3F3S. The van der Waals surface area contributed by atoms with E-state index in [2.05, 4.69) is 47.8 Å². The van der Waals surface area contributed by atoms with Crippen LogP contribution in [0.1, 0.15) is 26.4 Å². The molecule has 0 N–H and O–H groups in total. The first-order valence-electron chi connectivity index (χ1n) is 5.46. The number of rotatable bonds is 2. The highest BCUT2D eigenvalue weighted by atomic mass is 79.9. The summed E-state index contributed by atoms with van der Waals surface area (Å²) in [5.74, 6) is 0. The van der Waals surface area contributed by atoms with Crippen molar-refractivity contribution in [3.63, 3.8) is 0 Å². The number of aryl methyl sites for hydroxylation is 1. The van der Waals surface area contributed by atoms with Gasteiger partial charge in [0.1, 0.15) is 0 Å². The van der Waals surface area contributed by atoms with Crippen LogP contribution in [0.5, 0.6) is 0 Å². The molecule has 0 saturated carbocycles. The number of benzene rings is 1. The third kappa shape index (κ3) is 3.48. The van der Waals surface area contributed by atoms with Gasteiger partial charge in [-0.25, -0.2) is 0 Å². The van der Waals surface area contributed by atoms with E-state index < -0.39 is 11.7 Å². The maximum atomic E-state index is 12.8. The van der Waals surface area contributed by atoms with Crippen LogP contribution < -0.4 is 0 Å². The normalized spacial score (nSPS) is 13.6. The molecule has 0 bridgehead atoms. The highest BCUT2D eigenvalue weighted by molar-refractivity contribution is 9.11. The molecule has 7 heteroatoms. The Bertz CT molecular complexity index is 634. The lowest BCUT2D eigenvalue weighted by Gasteiger charge is -2.15. The van der Waals surface area contributed by atoms with E-state index in [0.717, 1.165) is 20.3 Å². The molecule has 0 nitrogen and oxygen atoms in total. The molecule has 0 fully saturated rings. The van der Waals surface area contributed by atoms with Gasteiger partial charge in [0, 0.05) is 9.35 Å². The minimum atomic E-state index is -4.34. The number of hydrogen-bond donors (Lipinski definition) is 0. The second-order valence-electron chi connectivity index (χ2n) is 4.16. The van der Waals surface area contributed by atoms with Crippen LogP contribution in [0.2, 0.25) is 0 Å². The first kappa shape index (κ1) is 16.5. The van der Waals surface area contributed by atoms with Crippen LogP contribution >= 0.6 is 59.1 Å². The van der Waals surface area contributed by atoms with Crippen LogP contribution in [0, 0.1) is 6.92 Å². The summed E-state index contributed by atoms with van der Waals surface area (Å²) in [5.41, 5.74) is 0.877. The SMILES string of the molecule is Cc1sc(Br)cc1C(Br)c1cc(C(F)(F)F)ccc1Br. The average Bonchev–Trinajstić information content (AvgIpc) is 2.66. The van der Waals surface area contributed by atoms with E-state index in [1.165, 1.54) is 12.1 Å². The molecule has 0 aliphatic rings. The Morgan fingerprint density at radius 1 is 1.10 bits per heavy atom. The number of hydrogen-bond acceptors (Lipinski definition) is 1. The van der Waals surface area contributed by atoms with Gasteiger partial charge in [0.2, 0.25) is 0 Å². The quantitative estimate of drug-likeness (QED) is 0.393. The Balaban J connectivity index is 2.49. The second-order valence-corrected chi connectivity index (χ2v) is 8.56. The molecule has 1 heterocycles. The zero-order valence-corrected chi connectivity index (χ0v) is 15.6. The van der Waals surface area contributed by atoms with Crippen molar-refractivity contribution in [1.29, 1.82) is 0 Å². The molecule has 1 atom stereocenters. The predicted octanol–water partition coefficient (Wildman–Crippen LogP) is 7.08. The molecule has 0 aliphatic carbocycles. The summed E-state index contributed by atoms with van der Waals surface area (Å²) in [4.78, 5) is 0.768. The predicted molar refractivity (Wildman–Crippen MR) is 86.7 cm³/mol. The largest absolute Gasteiger partial charge is 0.416 e. The van der Waals surface area contributed by atoms with Gasteiger partial charge in [-0.2, -0.15) is 13.2 Å². The molecule has 1 unspecified atom stereocenters. The van der Waals surface area contributed by atoms with Crippen molar-refractivity contribution in [2.24, 2.45) is 0 Å². The fourth-order valence-electron chi connectivity index (χ4n) is 1.79. The van der Waals surface area contributed by atoms with Crippen molar-refractivity contribution < 1.29 is 13.2 Å². The lowest BCUT2D eigenvalue weighted by atomic mass is 10.0. The van der Waals surface area contributed by atoms with Crippen molar-refractivity contribution >= 4 is 59.1 Å². The molecular weight excluding hydrogens is 485 g/mol. The molecule has 2 rings (SSSR count). The summed E-state index contributed by atoms with van der Waals surface area (Å²) in [6.07, 6.45) is -4.34. The van der Waals surface area contributed by atoms with E-state index in [1.54, 1.807) is 11.3 Å². The van der Waals surface area contributed by atoms with Crippen molar-refractivity contribution in [2.45, 2.75) is 17.9 Å². The van der Waals surface area contributed by atoms with Gasteiger partial charge in [-0.05, 0) is 58.2 Å². The third-order valence-electron chi connectivity index (χ3n) is 2.80. The Kier molecular flexibility index (Phi) is 5.04. The molecule has 0 saturated heterocycles. The van der Waals surface area contributed by atoms with Crippen LogP contribution in [-0.4, -0.2) is 0 Å². The van der Waals surface area contributed by atoms with Crippen LogP contribution in [0.3, 0.4) is 0 Å². The molecule has 108 valence electrons. The van der Waals surface area contributed by atoms with Crippen molar-refractivity contribution in [2.75, 3.05) is 0 Å². The molecule has 20 heavy (non-hydrogen) atoms. The van der Waals surface area contributed by atoms with Crippen LogP contribution in [0.4, 0.5) is 13.2 Å². The lowest BCUT2D eigenvalue weighted by Crippen LogP contribution is -2.06. The summed E-state index contributed by atoms with van der Waals surface area (Å²) in [6, 6.07) is 5.60. The van der Waals surface area contributed by atoms with E-state index in [9.17, 15) is 13.2 Å². The zero-order chi connectivity index (χ0) is 15.1. The van der Waals surface area contributed by atoms with Crippen LogP contribution in [-0.2, 0) is 6.18 Å². The van der Waals surface area contributed by atoms with Crippen LogP contribution in [0.25, 0.3) is 0 Å². The van der Waals surface area contributed by atoms with Gasteiger partial charge in [0.15, 0.2) is 0 Å². The maximum absolute atomic E-state index is 12.8. The van der Waals surface area contributed by atoms with Crippen molar-refractivity contribution in [3.8, 4) is 0 Å². The number of halogens is 6. The highest BCUT2D eigenvalue weighted by Gasteiger charge is 2.32. The summed E-state index contributed by atoms with van der Waals surface area (Å²) in [6.45, 7) is 1.94. The molecule has 0 amide bonds. The van der Waals surface area contributed by atoms with Gasteiger partial charge in [0.25, 0.3) is 0 Å². The first-order chi connectivity index (χ1) is 9.20. The Labute approximate surface area is 143 Å². The number of alkyl halides is 4. The van der Waals surface area contributed by atoms with E-state index in [-0.39, 0.29) is 4.83 Å². The van der Waals surface area contributed by atoms with E-state index in [0.29, 0.717) is 10.0 Å². The van der Waals surface area contributed by atoms with E-state index in [4.69, 9.17) is 0 Å². The van der Waals surface area contributed by atoms with E-state index in [1.807, 2.05) is 13.0 Å². The summed E-state index contributed by atoms with van der Waals surface area (Å²) in [5, 5.41) is 0. The molecule has 1 aromatic heterocycles. The first-order valence-corrected chi connectivity index (χ1v) is 8.78. The fraction of sp³-hybridized carbons (Fsp3) is 0.231. The smallest absolute Gasteiger partial charge is 0.166 e. The minimum Gasteiger partial charge on any atom is -0.166 e. The second kappa shape index (κ2) is 6.10. The topological polar surface area (TPSA) is 0 Å². The monoisotopic (exact) mass is 490 g/mol. The summed E-state index contributed by atoms with van der Waals surface area (Å²) < 4.78 is 40.0. The van der Waals surface area contributed by atoms with E-state index >= 15 is 0 Å². The molecule has 0 radical (unpaired) electrons. The molecule has 0 aliphatic heterocycles. The Hall–Kier alpha value is 0.150. The minimum absolute atomic E-state index is 0.290. The lowest BCUT2D eigenvalue weighted by molar-refractivity contribution is -0.137. The molecule has 1 aromatic carbocycles. The van der Waals surface area contributed by atoms with Gasteiger partial charge in [-0.3, -0.25) is 0 Å².